The van der Waals surface area contributed by atoms with Crippen LogP contribution in [0.1, 0.15) is 17.8 Å². The number of hydrogen-bond donors (Lipinski definition) is 1. The summed E-state index contributed by atoms with van der Waals surface area (Å²) in [4.78, 5) is 20.7. The van der Waals surface area contributed by atoms with Crippen LogP contribution in [-0.2, 0) is 13.1 Å². The number of carbonyl (C=O) groups is 1. The number of likely N-dealkylation sites (N-methyl/N-ethyl adjacent to an activating group) is 1. The van der Waals surface area contributed by atoms with Crippen molar-refractivity contribution in [3.8, 4) is 0 Å². The molecule has 0 aliphatic carbocycles. The number of aromatic nitrogens is 2. The number of carbonyl (C=O) groups excluding carboxylic acids is 1. The first kappa shape index (κ1) is 18.5. The molecule has 0 saturated carbocycles. The van der Waals surface area contributed by atoms with E-state index >= 15 is 0 Å². The van der Waals surface area contributed by atoms with Crippen molar-refractivity contribution in [3.63, 3.8) is 0 Å². The number of urea groups is 1. The predicted molar refractivity (Wildman–Crippen MR) is 103 cm³/mol. The quantitative estimate of drug-likeness (QED) is 0.829. The van der Waals surface area contributed by atoms with Gasteiger partial charge in [-0.25, -0.2) is 9.78 Å². The highest BCUT2D eigenvalue weighted by molar-refractivity contribution is 5.73. The highest BCUT2D eigenvalue weighted by Crippen LogP contribution is 2.18. The number of likely N-dealkylation sites (tertiary alicyclic amines) is 1. The van der Waals surface area contributed by atoms with Crippen LogP contribution in [0.2, 0.25) is 0 Å². The smallest absolute Gasteiger partial charge is 0.317 e. The molecule has 1 atom stereocenters. The third-order valence-corrected chi connectivity index (χ3v) is 5.11. The number of imidazole rings is 1. The summed E-state index contributed by atoms with van der Waals surface area (Å²) in [5.41, 5.74) is 1.35. The molecule has 26 heavy (non-hydrogen) atoms. The fraction of sp³-hybridized carbons (Fsp3) is 0.500. The van der Waals surface area contributed by atoms with Crippen LogP contribution in [0.3, 0.4) is 0 Å². The van der Waals surface area contributed by atoms with Gasteiger partial charge in [0, 0.05) is 52.2 Å². The van der Waals surface area contributed by atoms with E-state index in [4.69, 9.17) is 0 Å². The molecule has 1 aliphatic heterocycles. The van der Waals surface area contributed by atoms with E-state index in [0.29, 0.717) is 12.5 Å². The molecule has 1 aromatic heterocycles. The molecule has 1 aromatic carbocycles. The SMILES string of the molecule is Cc1nccn1CCN(C)C(=O)NCC1CCN(Cc2ccccc2)C1. The fourth-order valence-corrected chi connectivity index (χ4v) is 3.43. The number of nitrogens with one attached hydrogen (secondary N) is 1. The van der Waals surface area contributed by atoms with Gasteiger partial charge in [-0.1, -0.05) is 30.3 Å². The van der Waals surface area contributed by atoms with E-state index in [1.54, 1.807) is 11.1 Å². The molecule has 3 rings (SSSR count). The first-order valence-electron chi connectivity index (χ1n) is 9.35. The molecule has 6 nitrogen and oxygen atoms in total. The summed E-state index contributed by atoms with van der Waals surface area (Å²) in [6.07, 6.45) is 4.88. The third kappa shape index (κ3) is 5.08. The van der Waals surface area contributed by atoms with Crippen molar-refractivity contribution in [1.29, 1.82) is 0 Å². The topological polar surface area (TPSA) is 53.4 Å². The molecular weight excluding hydrogens is 326 g/mol. The van der Waals surface area contributed by atoms with Crippen molar-refractivity contribution < 1.29 is 4.79 Å². The third-order valence-electron chi connectivity index (χ3n) is 5.11. The number of rotatable bonds is 7. The van der Waals surface area contributed by atoms with E-state index in [1.165, 1.54) is 5.56 Å². The predicted octanol–water partition coefficient (Wildman–Crippen LogP) is 2.36. The molecule has 1 unspecified atom stereocenters. The van der Waals surface area contributed by atoms with Gasteiger partial charge in [-0.3, -0.25) is 4.90 Å². The van der Waals surface area contributed by atoms with Crippen molar-refractivity contribution in [2.24, 2.45) is 5.92 Å². The summed E-state index contributed by atoms with van der Waals surface area (Å²) < 4.78 is 2.06. The van der Waals surface area contributed by atoms with Crippen LogP contribution >= 0.6 is 0 Å². The zero-order chi connectivity index (χ0) is 18.4. The minimum Gasteiger partial charge on any atom is -0.338 e. The van der Waals surface area contributed by atoms with Gasteiger partial charge < -0.3 is 14.8 Å². The van der Waals surface area contributed by atoms with Crippen LogP contribution in [0.15, 0.2) is 42.7 Å². The second-order valence-corrected chi connectivity index (χ2v) is 7.15. The zero-order valence-corrected chi connectivity index (χ0v) is 15.8. The molecule has 1 aliphatic rings. The molecule has 2 amide bonds. The molecule has 1 fully saturated rings. The lowest BCUT2D eigenvalue weighted by Crippen LogP contribution is -2.41. The van der Waals surface area contributed by atoms with Gasteiger partial charge in [0.1, 0.15) is 5.82 Å². The largest absolute Gasteiger partial charge is 0.338 e. The molecule has 0 spiro atoms. The van der Waals surface area contributed by atoms with Crippen molar-refractivity contribution in [3.05, 3.63) is 54.1 Å². The standard InChI is InChI=1S/C20H29N5O/c1-17-21-9-11-25(17)13-12-23(2)20(26)22-14-19-8-10-24(16-19)15-18-6-4-3-5-7-18/h3-7,9,11,19H,8,10,12-16H2,1-2H3,(H,22,26). The lowest BCUT2D eigenvalue weighted by Gasteiger charge is -2.20. The molecular formula is C20H29N5O. The molecule has 6 heteroatoms. The van der Waals surface area contributed by atoms with Gasteiger partial charge in [-0.05, 0) is 31.4 Å². The number of aryl methyl sites for hydroxylation is 1. The Balaban J connectivity index is 1.36. The van der Waals surface area contributed by atoms with Crippen molar-refractivity contribution in [1.82, 2.24) is 24.7 Å². The maximum Gasteiger partial charge on any atom is 0.317 e. The van der Waals surface area contributed by atoms with Gasteiger partial charge in [0.2, 0.25) is 0 Å². The minimum atomic E-state index is 0.00396. The van der Waals surface area contributed by atoms with Crippen molar-refractivity contribution in [2.75, 3.05) is 33.2 Å². The van der Waals surface area contributed by atoms with E-state index in [-0.39, 0.29) is 6.03 Å². The second kappa shape index (κ2) is 8.85. The highest BCUT2D eigenvalue weighted by atomic mass is 16.2. The molecule has 140 valence electrons. The van der Waals surface area contributed by atoms with E-state index in [0.717, 1.165) is 45.0 Å². The summed E-state index contributed by atoms with van der Waals surface area (Å²) in [6.45, 7) is 7.31. The lowest BCUT2D eigenvalue weighted by molar-refractivity contribution is 0.204. The Bertz CT molecular complexity index is 699. The number of nitrogens with zero attached hydrogens (tertiary/aromatic N) is 4. The van der Waals surface area contributed by atoms with Gasteiger partial charge >= 0.3 is 6.03 Å². The van der Waals surface area contributed by atoms with Crippen molar-refractivity contribution in [2.45, 2.75) is 26.4 Å². The van der Waals surface area contributed by atoms with E-state index in [2.05, 4.69) is 50.1 Å². The van der Waals surface area contributed by atoms with Crippen LogP contribution in [0.25, 0.3) is 0 Å². The number of benzene rings is 1. The molecule has 2 aromatic rings. The van der Waals surface area contributed by atoms with Gasteiger partial charge in [-0.15, -0.1) is 0 Å². The number of hydrogen-bond acceptors (Lipinski definition) is 3. The average Bonchev–Trinajstić information content (AvgIpc) is 3.27. The molecule has 0 radical (unpaired) electrons. The minimum absolute atomic E-state index is 0.00396. The Hall–Kier alpha value is -2.34. The first-order valence-corrected chi connectivity index (χ1v) is 9.35. The summed E-state index contributed by atoms with van der Waals surface area (Å²) in [7, 11) is 1.85. The normalized spacial score (nSPS) is 17.4. The zero-order valence-electron chi connectivity index (χ0n) is 15.8. The lowest BCUT2D eigenvalue weighted by atomic mass is 10.1. The monoisotopic (exact) mass is 355 g/mol. The molecule has 1 N–H and O–H groups in total. The Morgan fingerprint density at radius 2 is 2.15 bits per heavy atom. The van der Waals surface area contributed by atoms with Crippen LogP contribution < -0.4 is 5.32 Å². The molecule has 1 saturated heterocycles. The summed E-state index contributed by atoms with van der Waals surface area (Å²) in [5.74, 6) is 1.51. The van der Waals surface area contributed by atoms with E-state index < -0.39 is 0 Å². The van der Waals surface area contributed by atoms with Crippen LogP contribution in [0.5, 0.6) is 0 Å². The number of amides is 2. The van der Waals surface area contributed by atoms with Gasteiger partial charge in [0.15, 0.2) is 0 Å². The summed E-state index contributed by atoms with van der Waals surface area (Å²) in [5, 5.41) is 3.09. The first-order chi connectivity index (χ1) is 12.6. The Kier molecular flexibility index (Phi) is 6.28. The van der Waals surface area contributed by atoms with Crippen LogP contribution in [-0.4, -0.2) is 58.6 Å². The van der Waals surface area contributed by atoms with Gasteiger partial charge in [0.05, 0.1) is 0 Å². The Morgan fingerprint density at radius 1 is 1.35 bits per heavy atom. The average molecular weight is 355 g/mol. The van der Waals surface area contributed by atoms with E-state index in [9.17, 15) is 4.79 Å². The van der Waals surface area contributed by atoms with Gasteiger partial charge in [-0.2, -0.15) is 0 Å². The highest BCUT2D eigenvalue weighted by Gasteiger charge is 2.23. The van der Waals surface area contributed by atoms with E-state index in [1.807, 2.05) is 20.2 Å². The van der Waals surface area contributed by atoms with Crippen molar-refractivity contribution >= 4 is 6.03 Å². The summed E-state index contributed by atoms with van der Waals surface area (Å²) in [6, 6.07) is 10.6. The molecule has 0 bridgehead atoms. The summed E-state index contributed by atoms with van der Waals surface area (Å²) >= 11 is 0. The Morgan fingerprint density at radius 3 is 2.88 bits per heavy atom. The van der Waals surface area contributed by atoms with Crippen LogP contribution in [0, 0.1) is 12.8 Å². The Labute approximate surface area is 155 Å². The van der Waals surface area contributed by atoms with Gasteiger partial charge in [0.25, 0.3) is 0 Å². The van der Waals surface area contributed by atoms with Crippen LogP contribution in [0.4, 0.5) is 4.79 Å². The fourth-order valence-electron chi connectivity index (χ4n) is 3.43. The second-order valence-electron chi connectivity index (χ2n) is 7.15. The maximum absolute atomic E-state index is 12.3. The maximum atomic E-state index is 12.3. The molecule has 2 heterocycles.